The summed E-state index contributed by atoms with van der Waals surface area (Å²) in [5.74, 6) is 1.56. The topological polar surface area (TPSA) is 71.9 Å². The summed E-state index contributed by atoms with van der Waals surface area (Å²) < 4.78 is 22.0. The van der Waals surface area contributed by atoms with Crippen molar-refractivity contribution in [1.82, 2.24) is 10.6 Å². The molecule has 0 aromatic heterocycles. The highest BCUT2D eigenvalue weighted by Gasteiger charge is 2.07. The van der Waals surface area contributed by atoms with Crippen LogP contribution in [0, 0.1) is 0 Å². The molecule has 0 heterocycles. The molecule has 0 bridgehead atoms. The highest BCUT2D eigenvalue weighted by atomic mass is 32.2. The summed E-state index contributed by atoms with van der Waals surface area (Å²) in [5.41, 5.74) is 1.10. The molecule has 1 rings (SSSR count). The molecular weight excluding hydrogens is 338 g/mol. The Morgan fingerprint density at radius 1 is 1.28 bits per heavy atom. The number of rotatable bonds is 11. The smallest absolute Gasteiger partial charge is 0.191 e. The lowest BCUT2D eigenvalue weighted by Crippen LogP contribution is -2.42. The van der Waals surface area contributed by atoms with Crippen LogP contribution in [0.15, 0.2) is 29.3 Å². The van der Waals surface area contributed by atoms with Crippen LogP contribution in [0.5, 0.6) is 5.75 Å². The van der Waals surface area contributed by atoms with E-state index in [1.54, 1.807) is 13.4 Å². The SMILES string of the molecule is CCOCCCNC(=NCc1ccc(OC)cc1)NCC(C)S(C)=O. The molecule has 0 amide bonds. The summed E-state index contributed by atoms with van der Waals surface area (Å²) in [4.78, 5) is 4.61. The van der Waals surface area contributed by atoms with Gasteiger partial charge in [-0.2, -0.15) is 0 Å². The Bertz CT molecular complexity index is 535. The molecule has 0 saturated heterocycles. The molecule has 0 saturated carbocycles. The highest BCUT2D eigenvalue weighted by molar-refractivity contribution is 7.84. The van der Waals surface area contributed by atoms with E-state index >= 15 is 0 Å². The summed E-state index contributed by atoms with van der Waals surface area (Å²) in [7, 11) is 0.793. The first-order chi connectivity index (χ1) is 12.1. The largest absolute Gasteiger partial charge is 0.497 e. The Labute approximate surface area is 153 Å². The van der Waals surface area contributed by atoms with Gasteiger partial charge in [-0.3, -0.25) is 4.21 Å². The van der Waals surface area contributed by atoms with Crippen LogP contribution in [0.25, 0.3) is 0 Å². The van der Waals surface area contributed by atoms with E-state index in [4.69, 9.17) is 9.47 Å². The minimum absolute atomic E-state index is 0.0661. The van der Waals surface area contributed by atoms with E-state index in [1.807, 2.05) is 38.1 Å². The first kappa shape index (κ1) is 21.4. The highest BCUT2D eigenvalue weighted by Crippen LogP contribution is 2.11. The molecule has 6 nitrogen and oxygen atoms in total. The Kier molecular flexibility index (Phi) is 10.9. The maximum absolute atomic E-state index is 11.5. The van der Waals surface area contributed by atoms with Crippen LogP contribution < -0.4 is 15.4 Å². The van der Waals surface area contributed by atoms with Crippen molar-refractivity contribution >= 4 is 16.8 Å². The van der Waals surface area contributed by atoms with Crippen molar-refractivity contribution < 1.29 is 13.7 Å². The first-order valence-corrected chi connectivity index (χ1v) is 10.2. The van der Waals surface area contributed by atoms with Gasteiger partial charge in [-0.1, -0.05) is 12.1 Å². The fraction of sp³-hybridized carbons (Fsp3) is 0.611. The fourth-order valence-corrected chi connectivity index (χ4v) is 2.28. The zero-order chi connectivity index (χ0) is 18.5. The summed E-state index contributed by atoms with van der Waals surface area (Å²) in [6, 6.07) is 7.85. The lowest BCUT2D eigenvalue weighted by atomic mass is 10.2. The van der Waals surface area contributed by atoms with Gasteiger partial charge in [0.15, 0.2) is 5.96 Å². The second-order valence-corrected chi connectivity index (χ2v) is 7.48. The molecule has 1 aromatic carbocycles. The van der Waals surface area contributed by atoms with Crippen molar-refractivity contribution in [1.29, 1.82) is 0 Å². The van der Waals surface area contributed by atoms with Gasteiger partial charge < -0.3 is 20.1 Å². The molecule has 0 aliphatic carbocycles. The second-order valence-electron chi connectivity index (χ2n) is 5.68. The molecule has 2 atom stereocenters. The van der Waals surface area contributed by atoms with Crippen molar-refractivity contribution in [2.75, 3.05) is 39.7 Å². The molecule has 1 aromatic rings. The van der Waals surface area contributed by atoms with Crippen LogP contribution in [-0.4, -0.2) is 55.1 Å². The Balaban J connectivity index is 2.58. The summed E-state index contributed by atoms with van der Waals surface area (Å²) in [5, 5.41) is 6.63. The van der Waals surface area contributed by atoms with Crippen molar-refractivity contribution in [2.24, 2.45) is 4.99 Å². The number of ether oxygens (including phenoxy) is 2. The number of methoxy groups -OCH3 is 1. The van der Waals surface area contributed by atoms with E-state index in [0.29, 0.717) is 13.1 Å². The molecule has 0 aliphatic heterocycles. The van der Waals surface area contributed by atoms with Gasteiger partial charge in [-0.05, 0) is 38.0 Å². The molecule has 142 valence electrons. The quantitative estimate of drug-likeness (QED) is 0.354. The molecule has 0 fully saturated rings. The van der Waals surface area contributed by atoms with Crippen LogP contribution in [0.3, 0.4) is 0 Å². The van der Waals surface area contributed by atoms with Gasteiger partial charge in [0.25, 0.3) is 0 Å². The number of aliphatic imine (C=N–C) groups is 1. The predicted octanol–water partition coefficient (Wildman–Crippen LogP) is 1.92. The van der Waals surface area contributed by atoms with E-state index in [2.05, 4.69) is 15.6 Å². The first-order valence-electron chi connectivity index (χ1n) is 8.61. The average molecular weight is 370 g/mol. The Morgan fingerprint density at radius 2 is 2.00 bits per heavy atom. The lowest BCUT2D eigenvalue weighted by Gasteiger charge is -2.15. The molecule has 0 aliphatic rings. The number of guanidine groups is 1. The maximum Gasteiger partial charge on any atom is 0.191 e. The molecular formula is C18H31N3O3S. The second kappa shape index (κ2) is 12.7. The Morgan fingerprint density at radius 3 is 2.60 bits per heavy atom. The van der Waals surface area contributed by atoms with Crippen LogP contribution in [-0.2, 0) is 22.1 Å². The van der Waals surface area contributed by atoms with Gasteiger partial charge in [0.2, 0.25) is 0 Å². The van der Waals surface area contributed by atoms with Gasteiger partial charge >= 0.3 is 0 Å². The predicted molar refractivity (Wildman–Crippen MR) is 105 cm³/mol. The molecule has 0 spiro atoms. The van der Waals surface area contributed by atoms with Gasteiger partial charge in [-0.15, -0.1) is 0 Å². The molecule has 2 N–H and O–H groups in total. The van der Waals surface area contributed by atoms with E-state index in [1.165, 1.54) is 0 Å². The van der Waals surface area contributed by atoms with Crippen molar-refractivity contribution in [3.63, 3.8) is 0 Å². The third-order valence-corrected chi connectivity index (χ3v) is 4.96. The van der Waals surface area contributed by atoms with E-state index in [0.717, 1.165) is 43.5 Å². The minimum Gasteiger partial charge on any atom is -0.497 e. The third kappa shape index (κ3) is 9.45. The zero-order valence-electron chi connectivity index (χ0n) is 15.7. The van der Waals surface area contributed by atoms with Gasteiger partial charge in [0, 0.05) is 48.6 Å². The zero-order valence-corrected chi connectivity index (χ0v) is 16.5. The number of hydrogen-bond donors (Lipinski definition) is 2. The van der Waals surface area contributed by atoms with Crippen LogP contribution in [0.2, 0.25) is 0 Å². The van der Waals surface area contributed by atoms with E-state index < -0.39 is 10.8 Å². The average Bonchev–Trinajstić information content (AvgIpc) is 2.63. The van der Waals surface area contributed by atoms with Crippen molar-refractivity contribution in [2.45, 2.75) is 32.1 Å². The fourth-order valence-electron chi connectivity index (χ4n) is 1.96. The van der Waals surface area contributed by atoms with Gasteiger partial charge in [0.05, 0.1) is 13.7 Å². The van der Waals surface area contributed by atoms with Crippen molar-refractivity contribution in [3.8, 4) is 5.75 Å². The van der Waals surface area contributed by atoms with Gasteiger partial charge in [-0.25, -0.2) is 4.99 Å². The molecule has 2 unspecified atom stereocenters. The van der Waals surface area contributed by atoms with Crippen LogP contribution in [0.1, 0.15) is 25.8 Å². The van der Waals surface area contributed by atoms with E-state index in [9.17, 15) is 4.21 Å². The third-order valence-electron chi connectivity index (χ3n) is 3.66. The van der Waals surface area contributed by atoms with E-state index in [-0.39, 0.29) is 5.25 Å². The lowest BCUT2D eigenvalue weighted by molar-refractivity contribution is 0.145. The number of nitrogens with zero attached hydrogens (tertiary/aromatic N) is 1. The standard InChI is InChI=1S/C18H31N3O3S/c1-5-24-12-6-11-19-18(20-13-15(2)25(4)22)21-14-16-7-9-17(23-3)10-8-16/h7-10,15H,5-6,11-14H2,1-4H3,(H2,19,20,21). The van der Waals surface area contributed by atoms with Gasteiger partial charge in [0.1, 0.15) is 5.75 Å². The summed E-state index contributed by atoms with van der Waals surface area (Å²) >= 11 is 0. The van der Waals surface area contributed by atoms with Crippen molar-refractivity contribution in [3.05, 3.63) is 29.8 Å². The summed E-state index contributed by atoms with van der Waals surface area (Å²) in [6.07, 6.45) is 2.63. The van der Waals surface area contributed by atoms with Crippen LogP contribution >= 0.6 is 0 Å². The number of benzene rings is 1. The van der Waals surface area contributed by atoms with Crippen LogP contribution in [0.4, 0.5) is 0 Å². The number of nitrogens with one attached hydrogen (secondary N) is 2. The molecule has 7 heteroatoms. The monoisotopic (exact) mass is 369 g/mol. The summed E-state index contributed by atoms with van der Waals surface area (Å²) in [6.45, 7) is 7.36. The minimum atomic E-state index is -0.860. The maximum atomic E-state index is 11.5. The number of hydrogen-bond acceptors (Lipinski definition) is 4. The molecule has 0 radical (unpaired) electrons. The molecule has 25 heavy (non-hydrogen) atoms. The normalized spacial score (nSPS) is 14.0. The Hall–Kier alpha value is -1.60.